The molecule has 104 valence electrons. The van der Waals surface area contributed by atoms with Gasteiger partial charge in [0.2, 0.25) is 0 Å². The van der Waals surface area contributed by atoms with Crippen LogP contribution in [0.3, 0.4) is 0 Å². The van der Waals surface area contributed by atoms with Gasteiger partial charge in [0.15, 0.2) is 0 Å². The summed E-state index contributed by atoms with van der Waals surface area (Å²) in [6.45, 7) is 4.44. The number of nitrogens with one attached hydrogen (secondary N) is 2. The van der Waals surface area contributed by atoms with E-state index in [-0.39, 0.29) is 17.4 Å². The maximum atomic E-state index is 13.3. The number of carbonyl (C=O) groups excluding carboxylic acids is 1. The van der Waals surface area contributed by atoms with Crippen LogP contribution in [-0.4, -0.2) is 17.4 Å². The lowest BCUT2D eigenvalue weighted by Gasteiger charge is -2.08. The van der Waals surface area contributed by atoms with Crippen molar-refractivity contribution in [3.8, 4) is 0 Å². The summed E-state index contributed by atoms with van der Waals surface area (Å²) in [5.41, 5.74) is 1.45. The van der Waals surface area contributed by atoms with Crippen LogP contribution in [0.25, 0.3) is 0 Å². The average molecular weight is 273 g/mol. The molecule has 2 N–H and O–H groups in total. The standard InChI is InChI=1S/C15H16FN3O/c1-3-17-14-6-4-5-13(19-14)15(20)18-12-8-10(2)7-11(16)9-12/h4-9H,3H2,1-2H3,(H,17,19)(H,18,20). The number of hydrogen-bond acceptors (Lipinski definition) is 3. The van der Waals surface area contributed by atoms with Gasteiger partial charge in [-0.3, -0.25) is 4.79 Å². The van der Waals surface area contributed by atoms with Gasteiger partial charge >= 0.3 is 0 Å². The SMILES string of the molecule is CCNc1cccc(C(=O)Nc2cc(C)cc(F)c2)n1. The summed E-state index contributed by atoms with van der Waals surface area (Å²) in [4.78, 5) is 16.3. The maximum absolute atomic E-state index is 13.3. The monoisotopic (exact) mass is 273 g/mol. The lowest BCUT2D eigenvalue weighted by atomic mass is 10.2. The topological polar surface area (TPSA) is 54.0 Å². The van der Waals surface area contributed by atoms with Gasteiger partial charge in [-0.15, -0.1) is 0 Å². The molecule has 0 fully saturated rings. The number of anilines is 2. The molecule has 0 unspecified atom stereocenters. The summed E-state index contributed by atoms with van der Waals surface area (Å²) in [7, 11) is 0. The van der Waals surface area contributed by atoms with Crippen LogP contribution in [-0.2, 0) is 0 Å². The first kappa shape index (κ1) is 14.0. The number of pyridine rings is 1. The van der Waals surface area contributed by atoms with E-state index in [9.17, 15) is 9.18 Å². The highest BCUT2D eigenvalue weighted by molar-refractivity contribution is 6.03. The van der Waals surface area contributed by atoms with Crippen molar-refractivity contribution in [2.24, 2.45) is 0 Å². The Morgan fingerprint density at radius 2 is 2.10 bits per heavy atom. The molecule has 0 spiro atoms. The fourth-order valence-electron chi connectivity index (χ4n) is 1.84. The van der Waals surface area contributed by atoms with E-state index in [1.165, 1.54) is 12.1 Å². The van der Waals surface area contributed by atoms with E-state index in [0.717, 1.165) is 12.1 Å². The van der Waals surface area contributed by atoms with E-state index in [1.807, 2.05) is 6.92 Å². The summed E-state index contributed by atoms with van der Waals surface area (Å²) in [5.74, 6) is -0.111. The Balaban J connectivity index is 2.17. The summed E-state index contributed by atoms with van der Waals surface area (Å²) in [6.07, 6.45) is 0. The Kier molecular flexibility index (Phi) is 4.30. The molecule has 0 saturated heterocycles. The Bertz CT molecular complexity index is 608. The molecule has 1 aromatic carbocycles. The molecule has 4 nitrogen and oxygen atoms in total. The fourth-order valence-corrected chi connectivity index (χ4v) is 1.84. The van der Waals surface area contributed by atoms with E-state index in [4.69, 9.17) is 0 Å². The second kappa shape index (κ2) is 6.14. The Morgan fingerprint density at radius 3 is 2.80 bits per heavy atom. The number of amides is 1. The minimum absolute atomic E-state index is 0.283. The van der Waals surface area contributed by atoms with Crippen LogP contribution in [0.15, 0.2) is 36.4 Å². The van der Waals surface area contributed by atoms with E-state index >= 15 is 0 Å². The third-order valence-electron chi connectivity index (χ3n) is 2.64. The summed E-state index contributed by atoms with van der Waals surface area (Å²) in [5, 5.41) is 5.67. The predicted octanol–water partition coefficient (Wildman–Crippen LogP) is 3.21. The first-order chi connectivity index (χ1) is 9.58. The van der Waals surface area contributed by atoms with Crippen molar-refractivity contribution in [1.82, 2.24) is 4.98 Å². The first-order valence-electron chi connectivity index (χ1n) is 6.38. The molecule has 0 bridgehead atoms. The molecule has 5 heteroatoms. The third kappa shape index (κ3) is 3.54. The number of aromatic nitrogens is 1. The molecular formula is C15H16FN3O. The highest BCUT2D eigenvalue weighted by atomic mass is 19.1. The van der Waals surface area contributed by atoms with Crippen molar-refractivity contribution in [2.45, 2.75) is 13.8 Å². The highest BCUT2D eigenvalue weighted by Crippen LogP contribution is 2.14. The number of aryl methyl sites for hydroxylation is 1. The van der Waals surface area contributed by atoms with Crippen molar-refractivity contribution >= 4 is 17.4 Å². The fraction of sp³-hybridized carbons (Fsp3) is 0.200. The Labute approximate surface area is 117 Å². The third-order valence-corrected chi connectivity index (χ3v) is 2.64. The van der Waals surface area contributed by atoms with Gasteiger partial charge in [0.1, 0.15) is 17.3 Å². The summed E-state index contributed by atoms with van der Waals surface area (Å²) < 4.78 is 13.3. The van der Waals surface area contributed by atoms with Crippen molar-refractivity contribution in [2.75, 3.05) is 17.2 Å². The minimum Gasteiger partial charge on any atom is -0.370 e. The average Bonchev–Trinajstić information content (AvgIpc) is 2.38. The van der Waals surface area contributed by atoms with Crippen molar-refractivity contribution in [3.63, 3.8) is 0 Å². The van der Waals surface area contributed by atoms with Gasteiger partial charge in [0.05, 0.1) is 0 Å². The molecule has 0 atom stereocenters. The van der Waals surface area contributed by atoms with E-state index in [0.29, 0.717) is 11.5 Å². The van der Waals surface area contributed by atoms with Gasteiger partial charge in [0, 0.05) is 12.2 Å². The predicted molar refractivity (Wildman–Crippen MR) is 77.5 cm³/mol. The van der Waals surface area contributed by atoms with Crippen LogP contribution in [0.4, 0.5) is 15.9 Å². The highest BCUT2D eigenvalue weighted by Gasteiger charge is 2.09. The lowest BCUT2D eigenvalue weighted by molar-refractivity contribution is 0.102. The molecule has 2 rings (SSSR count). The van der Waals surface area contributed by atoms with E-state index in [2.05, 4.69) is 15.6 Å². The van der Waals surface area contributed by atoms with Crippen molar-refractivity contribution < 1.29 is 9.18 Å². The molecule has 1 heterocycles. The number of hydrogen-bond donors (Lipinski definition) is 2. The zero-order chi connectivity index (χ0) is 14.5. The molecule has 0 aliphatic heterocycles. The lowest BCUT2D eigenvalue weighted by Crippen LogP contribution is -2.14. The van der Waals surface area contributed by atoms with Crippen LogP contribution in [0.5, 0.6) is 0 Å². The van der Waals surface area contributed by atoms with Gasteiger partial charge in [-0.2, -0.15) is 0 Å². The number of nitrogens with zero attached hydrogens (tertiary/aromatic N) is 1. The van der Waals surface area contributed by atoms with Crippen LogP contribution >= 0.6 is 0 Å². The Morgan fingerprint density at radius 1 is 1.30 bits per heavy atom. The minimum atomic E-state index is -0.380. The van der Waals surface area contributed by atoms with Crippen LogP contribution < -0.4 is 10.6 Å². The number of carbonyl (C=O) groups is 1. The smallest absolute Gasteiger partial charge is 0.274 e. The second-order valence-electron chi connectivity index (χ2n) is 4.41. The van der Waals surface area contributed by atoms with Gasteiger partial charge < -0.3 is 10.6 Å². The summed E-state index contributed by atoms with van der Waals surface area (Å²) >= 11 is 0. The molecule has 0 aliphatic carbocycles. The quantitative estimate of drug-likeness (QED) is 0.899. The molecule has 1 aromatic heterocycles. The van der Waals surface area contributed by atoms with Gasteiger partial charge in [-0.1, -0.05) is 6.07 Å². The molecule has 0 aliphatic rings. The zero-order valence-corrected chi connectivity index (χ0v) is 11.4. The van der Waals surface area contributed by atoms with Crippen LogP contribution in [0, 0.1) is 12.7 Å². The molecule has 2 aromatic rings. The Hall–Kier alpha value is -2.43. The molecule has 20 heavy (non-hydrogen) atoms. The molecule has 1 amide bonds. The van der Waals surface area contributed by atoms with Crippen LogP contribution in [0.1, 0.15) is 23.0 Å². The largest absolute Gasteiger partial charge is 0.370 e. The second-order valence-corrected chi connectivity index (χ2v) is 4.41. The molecular weight excluding hydrogens is 257 g/mol. The van der Waals surface area contributed by atoms with E-state index < -0.39 is 0 Å². The first-order valence-corrected chi connectivity index (χ1v) is 6.38. The normalized spacial score (nSPS) is 10.2. The summed E-state index contributed by atoms with van der Waals surface area (Å²) in [6, 6.07) is 9.53. The van der Waals surface area contributed by atoms with Crippen molar-refractivity contribution in [1.29, 1.82) is 0 Å². The van der Waals surface area contributed by atoms with Gasteiger partial charge in [0.25, 0.3) is 5.91 Å². The molecule has 0 saturated carbocycles. The van der Waals surface area contributed by atoms with Gasteiger partial charge in [-0.25, -0.2) is 9.37 Å². The van der Waals surface area contributed by atoms with Gasteiger partial charge in [-0.05, 0) is 49.7 Å². The molecule has 0 radical (unpaired) electrons. The zero-order valence-electron chi connectivity index (χ0n) is 11.4. The number of rotatable bonds is 4. The van der Waals surface area contributed by atoms with Crippen LogP contribution in [0.2, 0.25) is 0 Å². The van der Waals surface area contributed by atoms with Crippen molar-refractivity contribution in [3.05, 3.63) is 53.5 Å². The van der Waals surface area contributed by atoms with E-state index in [1.54, 1.807) is 31.2 Å². The number of halogens is 1. The number of benzene rings is 1. The maximum Gasteiger partial charge on any atom is 0.274 e.